The number of benzene rings is 2. The summed E-state index contributed by atoms with van der Waals surface area (Å²) in [6.45, 7) is 5.26. The zero-order valence-corrected chi connectivity index (χ0v) is 20.4. The number of rotatable bonds is 7. The number of hydrogen-bond donors (Lipinski definition) is 2. The van der Waals surface area contributed by atoms with Crippen molar-refractivity contribution < 1.29 is 4.79 Å². The number of aromatic nitrogens is 3. The van der Waals surface area contributed by atoms with Crippen LogP contribution in [-0.4, -0.2) is 38.8 Å². The van der Waals surface area contributed by atoms with Gasteiger partial charge in [-0.3, -0.25) is 14.7 Å². The number of nitrogens with one attached hydrogen (secondary N) is 2. The molecule has 4 aromatic rings. The fraction of sp³-hybridized carbons (Fsp3) is 0.241. The molecule has 3 heterocycles. The van der Waals surface area contributed by atoms with Gasteiger partial charge in [-0.2, -0.15) is 0 Å². The molecule has 0 spiro atoms. The second-order valence-electron chi connectivity index (χ2n) is 9.15. The summed E-state index contributed by atoms with van der Waals surface area (Å²) >= 11 is 0. The van der Waals surface area contributed by atoms with Crippen LogP contribution in [-0.2, 0) is 6.54 Å². The van der Waals surface area contributed by atoms with Crippen molar-refractivity contribution >= 4 is 23.2 Å². The van der Waals surface area contributed by atoms with E-state index in [9.17, 15) is 4.79 Å². The summed E-state index contributed by atoms with van der Waals surface area (Å²) in [7, 11) is 0. The maximum Gasteiger partial charge on any atom is 0.255 e. The lowest BCUT2D eigenvalue weighted by Gasteiger charge is -2.26. The highest BCUT2D eigenvalue weighted by Crippen LogP contribution is 2.25. The molecule has 7 nitrogen and oxygen atoms in total. The Kier molecular flexibility index (Phi) is 7.28. The smallest absolute Gasteiger partial charge is 0.255 e. The molecule has 1 amide bonds. The van der Waals surface area contributed by atoms with Gasteiger partial charge in [0.1, 0.15) is 0 Å². The second-order valence-corrected chi connectivity index (χ2v) is 9.15. The Morgan fingerprint density at radius 2 is 1.81 bits per heavy atom. The number of amides is 1. The van der Waals surface area contributed by atoms with Crippen LogP contribution in [0.5, 0.6) is 0 Å². The van der Waals surface area contributed by atoms with Gasteiger partial charge in [0.05, 0.1) is 5.69 Å². The van der Waals surface area contributed by atoms with Crippen molar-refractivity contribution in [2.24, 2.45) is 0 Å². The summed E-state index contributed by atoms with van der Waals surface area (Å²) in [4.78, 5) is 28.5. The molecule has 0 atom stereocenters. The molecule has 2 aromatic carbocycles. The number of aryl methyl sites for hydroxylation is 1. The maximum absolute atomic E-state index is 12.9. The fourth-order valence-electron chi connectivity index (χ4n) is 4.39. The number of anilines is 3. The van der Waals surface area contributed by atoms with Gasteiger partial charge in [0.25, 0.3) is 5.91 Å². The monoisotopic (exact) mass is 478 g/mol. The lowest BCUT2D eigenvalue weighted by Crippen LogP contribution is -2.29. The zero-order valence-electron chi connectivity index (χ0n) is 20.4. The number of nitrogens with zero attached hydrogens (tertiary/aromatic N) is 4. The predicted octanol–water partition coefficient (Wildman–Crippen LogP) is 5.83. The molecule has 0 radical (unpaired) electrons. The van der Waals surface area contributed by atoms with Crippen molar-refractivity contribution in [3.8, 4) is 11.3 Å². The molecule has 2 aromatic heterocycles. The summed E-state index contributed by atoms with van der Waals surface area (Å²) in [5.74, 6) is 0.344. The van der Waals surface area contributed by atoms with Crippen LogP contribution in [0.3, 0.4) is 0 Å². The molecule has 1 fully saturated rings. The molecule has 7 heteroatoms. The van der Waals surface area contributed by atoms with E-state index in [2.05, 4.69) is 42.6 Å². The van der Waals surface area contributed by atoms with Crippen LogP contribution in [0.2, 0.25) is 0 Å². The van der Waals surface area contributed by atoms with Crippen LogP contribution in [0.1, 0.15) is 40.7 Å². The Hall–Kier alpha value is -4.10. The lowest BCUT2D eigenvalue weighted by molar-refractivity contribution is 0.102. The minimum atomic E-state index is -0.135. The Morgan fingerprint density at radius 3 is 2.58 bits per heavy atom. The van der Waals surface area contributed by atoms with Crippen LogP contribution in [0, 0.1) is 6.92 Å². The van der Waals surface area contributed by atoms with Gasteiger partial charge in [-0.1, -0.05) is 24.6 Å². The normalized spacial score (nSPS) is 13.8. The van der Waals surface area contributed by atoms with Crippen LogP contribution in [0.15, 0.2) is 79.3 Å². The third kappa shape index (κ3) is 5.93. The Balaban J connectivity index is 1.25. The summed E-state index contributed by atoms with van der Waals surface area (Å²) in [6.07, 6.45) is 9.10. The number of likely N-dealkylation sites (tertiary alicyclic amines) is 1. The minimum absolute atomic E-state index is 0.135. The van der Waals surface area contributed by atoms with E-state index in [0.29, 0.717) is 17.2 Å². The Labute approximate surface area is 211 Å². The van der Waals surface area contributed by atoms with E-state index in [0.717, 1.165) is 42.1 Å². The van der Waals surface area contributed by atoms with Gasteiger partial charge in [0.15, 0.2) is 0 Å². The molecule has 36 heavy (non-hydrogen) atoms. The van der Waals surface area contributed by atoms with Crippen molar-refractivity contribution in [2.45, 2.75) is 32.7 Å². The second kappa shape index (κ2) is 11.1. The molecular weight excluding hydrogens is 448 g/mol. The van der Waals surface area contributed by atoms with Crippen molar-refractivity contribution in [3.63, 3.8) is 0 Å². The largest absolute Gasteiger partial charge is 0.324 e. The molecule has 0 saturated carbocycles. The van der Waals surface area contributed by atoms with E-state index in [4.69, 9.17) is 0 Å². The molecule has 1 aliphatic rings. The molecule has 5 rings (SSSR count). The van der Waals surface area contributed by atoms with E-state index < -0.39 is 0 Å². The summed E-state index contributed by atoms with van der Waals surface area (Å²) in [5.41, 5.74) is 6.13. The van der Waals surface area contributed by atoms with Gasteiger partial charge in [0, 0.05) is 47.6 Å². The quantitative estimate of drug-likeness (QED) is 0.348. The third-order valence-electron chi connectivity index (χ3n) is 6.43. The third-order valence-corrected chi connectivity index (χ3v) is 6.43. The van der Waals surface area contributed by atoms with Crippen LogP contribution in [0.4, 0.5) is 17.3 Å². The molecule has 0 unspecified atom stereocenters. The Bertz CT molecular complexity index is 1320. The average Bonchev–Trinajstić information content (AvgIpc) is 2.92. The highest BCUT2D eigenvalue weighted by molar-refractivity contribution is 6.04. The first kappa shape index (κ1) is 23.6. The molecule has 0 aliphatic carbocycles. The van der Waals surface area contributed by atoms with Crippen molar-refractivity contribution in [2.75, 3.05) is 23.7 Å². The molecule has 1 saturated heterocycles. The number of hydrogen-bond acceptors (Lipinski definition) is 6. The zero-order chi connectivity index (χ0) is 24.7. The van der Waals surface area contributed by atoms with E-state index >= 15 is 0 Å². The molecular formula is C29H30N6O. The van der Waals surface area contributed by atoms with Crippen molar-refractivity contribution in [3.05, 3.63) is 95.9 Å². The summed E-state index contributed by atoms with van der Waals surface area (Å²) in [6, 6.07) is 19.4. The first-order valence-electron chi connectivity index (χ1n) is 12.4. The predicted molar refractivity (Wildman–Crippen MR) is 143 cm³/mol. The first-order chi connectivity index (χ1) is 17.6. The van der Waals surface area contributed by atoms with Crippen molar-refractivity contribution in [1.82, 2.24) is 19.9 Å². The van der Waals surface area contributed by atoms with Crippen LogP contribution < -0.4 is 10.6 Å². The van der Waals surface area contributed by atoms with Gasteiger partial charge in [-0.05, 0) is 86.4 Å². The van der Waals surface area contributed by atoms with Crippen molar-refractivity contribution in [1.29, 1.82) is 0 Å². The number of pyridine rings is 1. The minimum Gasteiger partial charge on any atom is -0.324 e. The van der Waals surface area contributed by atoms with Gasteiger partial charge in [-0.15, -0.1) is 0 Å². The highest BCUT2D eigenvalue weighted by Gasteiger charge is 2.12. The van der Waals surface area contributed by atoms with Gasteiger partial charge < -0.3 is 10.6 Å². The summed E-state index contributed by atoms with van der Waals surface area (Å²) in [5, 5.41) is 6.29. The first-order valence-corrected chi connectivity index (χ1v) is 12.4. The van der Waals surface area contributed by atoms with Crippen LogP contribution in [0.25, 0.3) is 11.3 Å². The fourth-order valence-corrected chi connectivity index (χ4v) is 4.39. The van der Waals surface area contributed by atoms with Crippen LogP contribution >= 0.6 is 0 Å². The maximum atomic E-state index is 12.9. The van der Waals surface area contributed by atoms with E-state index in [1.165, 1.54) is 24.8 Å². The highest BCUT2D eigenvalue weighted by atomic mass is 16.1. The average molecular weight is 479 g/mol. The van der Waals surface area contributed by atoms with E-state index in [-0.39, 0.29) is 5.91 Å². The molecule has 1 aliphatic heterocycles. The lowest BCUT2D eigenvalue weighted by atomic mass is 10.1. The SMILES string of the molecule is Cc1ccc(NC(=O)c2ccc(CN3CCCCC3)cc2)cc1Nc1nccc(-c2cccnc2)n1. The van der Waals surface area contributed by atoms with E-state index in [1.54, 1.807) is 18.6 Å². The van der Waals surface area contributed by atoms with Gasteiger partial charge >= 0.3 is 0 Å². The number of carbonyl (C=O) groups excluding carboxylic acids is 1. The standard InChI is InChI=1S/C29H30N6O/c1-21-7-12-25(18-27(21)34-29-31-15-13-26(33-29)24-6-5-14-30-19-24)32-28(36)23-10-8-22(9-11-23)20-35-16-3-2-4-17-35/h5-15,18-19H,2-4,16-17,20H2,1H3,(H,32,36)(H,31,33,34). The van der Waals surface area contributed by atoms with Gasteiger partial charge in [0.2, 0.25) is 5.95 Å². The molecule has 182 valence electrons. The van der Waals surface area contributed by atoms with E-state index in [1.807, 2.05) is 55.5 Å². The molecule has 2 N–H and O–H groups in total. The number of piperidine rings is 1. The topological polar surface area (TPSA) is 83.0 Å². The summed E-state index contributed by atoms with van der Waals surface area (Å²) < 4.78 is 0. The molecule has 0 bridgehead atoms. The number of carbonyl (C=O) groups is 1. The Morgan fingerprint density at radius 1 is 0.972 bits per heavy atom. The van der Waals surface area contributed by atoms with Gasteiger partial charge in [-0.25, -0.2) is 9.97 Å².